The highest BCUT2D eigenvalue weighted by Gasteiger charge is 2.13. The van der Waals surface area contributed by atoms with Gasteiger partial charge in [-0.1, -0.05) is 12.8 Å². The Balaban J connectivity index is 2.09. The van der Waals surface area contributed by atoms with Crippen LogP contribution in [0, 0.1) is 0 Å². The summed E-state index contributed by atoms with van der Waals surface area (Å²) >= 11 is 0. The largest absolute Gasteiger partial charge is 0.467 e. The van der Waals surface area contributed by atoms with Crippen molar-refractivity contribution in [1.29, 1.82) is 0 Å². The molecule has 2 heterocycles. The van der Waals surface area contributed by atoms with Crippen molar-refractivity contribution in [2.24, 2.45) is 21.5 Å². The van der Waals surface area contributed by atoms with Gasteiger partial charge in [0, 0.05) is 13.1 Å². The van der Waals surface area contributed by atoms with Crippen molar-refractivity contribution in [3.8, 4) is 0 Å². The third kappa shape index (κ3) is 4.31. The van der Waals surface area contributed by atoms with Crippen LogP contribution in [0.5, 0.6) is 0 Å². The Morgan fingerprint density at radius 2 is 1.95 bits per heavy atom. The molecule has 0 amide bonds. The maximum atomic E-state index is 5.48. The molecule has 1 aliphatic heterocycles. The molecule has 0 aliphatic carbocycles. The number of hydrogen-bond donors (Lipinski definition) is 2. The van der Waals surface area contributed by atoms with Gasteiger partial charge < -0.3 is 20.8 Å². The molecule has 0 saturated carbocycles. The smallest absolute Gasteiger partial charge is 0.224 e. The molecule has 2 rings (SSSR count). The number of nitrogens with two attached hydrogens (primary N) is 2. The second-order valence-corrected chi connectivity index (χ2v) is 4.63. The molecular formula is C13H21N5O. The van der Waals surface area contributed by atoms with Gasteiger partial charge >= 0.3 is 0 Å². The molecule has 1 aromatic heterocycles. The van der Waals surface area contributed by atoms with Gasteiger partial charge in [-0.15, -0.1) is 0 Å². The van der Waals surface area contributed by atoms with Gasteiger partial charge in [-0.3, -0.25) is 0 Å². The van der Waals surface area contributed by atoms with E-state index in [1.165, 1.54) is 12.8 Å². The zero-order chi connectivity index (χ0) is 13.5. The molecule has 0 spiro atoms. The number of rotatable bonds is 2. The molecule has 6 heteroatoms. The second kappa shape index (κ2) is 6.82. The van der Waals surface area contributed by atoms with Gasteiger partial charge in [-0.2, -0.15) is 4.99 Å². The van der Waals surface area contributed by atoms with E-state index in [0.717, 1.165) is 31.7 Å². The van der Waals surface area contributed by atoms with Crippen molar-refractivity contribution >= 4 is 11.9 Å². The van der Waals surface area contributed by atoms with Crippen LogP contribution >= 0.6 is 0 Å². The first-order valence-corrected chi connectivity index (χ1v) is 6.67. The highest BCUT2D eigenvalue weighted by Crippen LogP contribution is 2.11. The molecule has 0 radical (unpaired) electrons. The zero-order valence-electron chi connectivity index (χ0n) is 11.1. The highest BCUT2D eigenvalue weighted by atomic mass is 16.3. The van der Waals surface area contributed by atoms with Crippen molar-refractivity contribution in [1.82, 2.24) is 4.90 Å². The van der Waals surface area contributed by atoms with Crippen molar-refractivity contribution in [2.45, 2.75) is 32.2 Å². The third-order valence-electron chi connectivity index (χ3n) is 3.07. The highest BCUT2D eigenvalue weighted by molar-refractivity contribution is 5.93. The minimum absolute atomic E-state index is 0.0439. The fourth-order valence-corrected chi connectivity index (χ4v) is 2.14. The van der Waals surface area contributed by atoms with Gasteiger partial charge in [-0.05, 0) is 25.0 Å². The first kappa shape index (κ1) is 13.5. The first-order valence-electron chi connectivity index (χ1n) is 6.67. The normalized spacial score (nSPS) is 17.1. The molecule has 0 aromatic carbocycles. The Hall–Kier alpha value is -1.98. The summed E-state index contributed by atoms with van der Waals surface area (Å²) in [6, 6.07) is 3.73. The second-order valence-electron chi connectivity index (χ2n) is 4.63. The minimum atomic E-state index is 0.0439. The predicted molar refractivity (Wildman–Crippen MR) is 75.7 cm³/mol. The van der Waals surface area contributed by atoms with E-state index in [1.54, 1.807) is 6.26 Å². The van der Waals surface area contributed by atoms with Crippen LogP contribution in [0.4, 0.5) is 0 Å². The van der Waals surface area contributed by atoms with E-state index in [0.29, 0.717) is 12.5 Å². The summed E-state index contributed by atoms with van der Waals surface area (Å²) in [6.07, 6.45) is 6.45. The number of guanidine groups is 2. The Kier molecular flexibility index (Phi) is 4.83. The first-order chi connectivity index (χ1) is 9.25. The molecule has 0 bridgehead atoms. The molecule has 0 unspecified atom stereocenters. The van der Waals surface area contributed by atoms with E-state index in [2.05, 4.69) is 14.9 Å². The van der Waals surface area contributed by atoms with Crippen molar-refractivity contribution < 1.29 is 4.42 Å². The summed E-state index contributed by atoms with van der Waals surface area (Å²) in [5.41, 5.74) is 11.0. The fraction of sp³-hybridized carbons (Fsp3) is 0.538. The van der Waals surface area contributed by atoms with Crippen LogP contribution in [0.15, 0.2) is 32.8 Å². The average Bonchev–Trinajstić information content (AvgIpc) is 2.75. The summed E-state index contributed by atoms with van der Waals surface area (Å²) in [6.45, 7) is 2.36. The monoisotopic (exact) mass is 263 g/mol. The summed E-state index contributed by atoms with van der Waals surface area (Å²) < 4.78 is 5.26. The van der Waals surface area contributed by atoms with Gasteiger partial charge in [0.05, 0.1) is 6.26 Å². The van der Waals surface area contributed by atoms with Crippen LogP contribution < -0.4 is 11.5 Å². The molecule has 1 fully saturated rings. The topological polar surface area (TPSA) is 93.1 Å². The molecule has 1 aliphatic rings. The lowest BCUT2D eigenvalue weighted by molar-refractivity contribution is 0.426. The van der Waals surface area contributed by atoms with Crippen LogP contribution in [0.25, 0.3) is 0 Å². The van der Waals surface area contributed by atoms with Gasteiger partial charge in [-0.25, -0.2) is 4.99 Å². The summed E-state index contributed by atoms with van der Waals surface area (Å²) in [7, 11) is 0. The quantitative estimate of drug-likeness (QED) is 0.621. The number of nitrogens with zero attached hydrogens (tertiary/aromatic N) is 3. The van der Waals surface area contributed by atoms with E-state index in [1.807, 2.05) is 12.1 Å². The van der Waals surface area contributed by atoms with Crippen LogP contribution in [0.1, 0.15) is 31.4 Å². The van der Waals surface area contributed by atoms with Crippen molar-refractivity contribution in [2.75, 3.05) is 13.1 Å². The van der Waals surface area contributed by atoms with Crippen LogP contribution in [0.3, 0.4) is 0 Å². The fourth-order valence-electron chi connectivity index (χ4n) is 2.14. The zero-order valence-corrected chi connectivity index (χ0v) is 11.1. The van der Waals surface area contributed by atoms with Gasteiger partial charge in [0.25, 0.3) is 0 Å². The Morgan fingerprint density at radius 1 is 1.21 bits per heavy atom. The SMILES string of the molecule is NC(N)=NC(=NCc1ccco1)N1CCCCCC1. The van der Waals surface area contributed by atoms with Gasteiger partial charge in [0.2, 0.25) is 5.96 Å². The molecule has 0 atom stereocenters. The third-order valence-corrected chi connectivity index (χ3v) is 3.07. The van der Waals surface area contributed by atoms with Gasteiger partial charge in [0.1, 0.15) is 12.3 Å². The standard InChI is InChI=1S/C13H21N5O/c14-12(15)17-13(16-10-11-6-5-9-19-11)18-7-3-1-2-4-8-18/h5-6,9H,1-4,7-8,10H2,(H4,14,15,16,17). The minimum Gasteiger partial charge on any atom is -0.467 e. The molecule has 4 N–H and O–H groups in total. The lowest BCUT2D eigenvalue weighted by Gasteiger charge is -2.21. The van der Waals surface area contributed by atoms with E-state index < -0.39 is 0 Å². The number of hydrogen-bond acceptors (Lipinski definition) is 2. The number of likely N-dealkylation sites (tertiary alicyclic amines) is 1. The summed E-state index contributed by atoms with van der Waals surface area (Å²) in [5.74, 6) is 1.46. The number of furan rings is 1. The lowest BCUT2D eigenvalue weighted by atomic mass is 10.2. The Bertz CT molecular complexity index is 426. The van der Waals surface area contributed by atoms with Crippen molar-refractivity contribution in [3.05, 3.63) is 24.2 Å². The molecule has 1 aromatic rings. The van der Waals surface area contributed by atoms with Gasteiger partial charge in [0.15, 0.2) is 5.96 Å². The van der Waals surface area contributed by atoms with E-state index >= 15 is 0 Å². The molecule has 19 heavy (non-hydrogen) atoms. The summed E-state index contributed by atoms with van der Waals surface area (Å²) in [4.78, 5) is 10.8. The molecule has 6 nitrogen and oxygen atoms in total. The Labute approximate surface area is 113 Å². The predicted octanol–water partition coefficient (Wildman–Crippen LogP) is 1.28. The van der Waals surface area contributed by atoms with Crippen LogP contribution in [0.2, 0.25) is 0 Å². The number of aliphatic imine (C=N–C) groups is 2. The summed E-state index contributed by atoms with van der Waals surface area (Å²) in [5, 5.41) is 0. The van der Waals surface area contributed by atoms with Crippen LogP contribution in [-0.2, 0) is 6.54 Å². The maximum Gasteiger partial charge on any atom is 0.224 e. The van der Waals surface area contributed by atoms with E-state index in [9.17, 15) is 0 Å². The Morgan fingerprint density at radius 3 is 2.53 bits per heavy atom. The van der Waals surface area contributed by atoms with E-state index in [-0.39, 0.29) is 5.96 Å². The molecule has 1 saturated heterocycles. The van der Waals surface area contributed by atoms with Crippen molar-refractivity contribution in [3.63, 3.8) is 0 Å². The lowest BCUT2D eigenvalue weighted by Crippen LogP contribution is -2.34. The maximum absolute atomic E-state index is 5.48. The van der Waals surface area contributed by atoms with Crippen LogP contribution in [-0.4, -0.2) is 29.9 Å². The molecule has 104 valence electrons. The molecular weight excluding hydrogens is 242 g/mol. The van der Waals surface area contributed by atoms with E-state index in [4.69, 9.17) is 15.9 Å². The average molecular weight is 263 g/mol.